The Bertz CT molecular complexity index is 1300. The lowest BCUT2D eigenvalue weighted by Gasteiger charge is -2.31. The number of rotatable bonds is 6. The summed E-state index contributed by atoms with van der Waals surface area (Å²) >= 11 is 0. The lowest BCUT2D eigenvalue weighted by atomic mass is 9.89. The number of anilines is 2. The predicted octanol–water partition coefficient (Wildman–Crippen LogP) is 3.57. The molecule has 34 heavy (non-hydrogen) atoms. The summed E-state index contributed by atoms with van der Waals surface area (Å²) in [5.74, 6) is 0.190. The number of likely N-dealkylation sites (tertiary alicyclic amines) is 1. The molecule has 0 spiro atoms. The first-order valence-corrected chi connectivity index (χ1v) is 11.4. The Balaban J connectivity index is 1.35. The number of pyridine rings is 2. The largest absolute Gasteiger partial charge is 0.390 e. The van der Waals surface area contributed by atoms with Crippen LogP contribution < -0.4 is 5.32 Å². The highest BCUT2D eigenvalue weighted by Crippen LogP contribution is 2.31. The summed E-state index contributed by atoms with van der Waals surface area (Å²) < 4.78 is 16.3. The molecule has 1 atom stereocenters. The van der Waals surface area contributed by atoms with Crippen molar-refractivity contribution in [1.29, 1.82) is 0 Å². The van der Waals surface area contributed by atoms with Crippen molar-refractivity contribution in [1.82, 2.24) is 24.6 Å². The Morgan fingerprint density at radius 2 is 1.97 bits per heavy atom. The lowest BCUT2D eigenvalue weighted by Crippen LogP contribution is -2.32. The van der Waals surface area contributed by atoms with Gasteiger partial charge >= 0.3 is 0 Å². The van der Waals surface area contributed by atoms with Crippen LogP contribution >= 0.6 is 0 Å². The van der Waals surface area contributed by atoms with Crippen molar-refractivity contribution in [2.45, 2.75) is 25.6 Å². The fourth-order valence-electron chi connectivity index (χ4n) is 4.33. The number of piperidine rings is 1. The number of hydrogen-bond donors (Lipinski definition) is 3. The van der Waals surface area contributed by atoms with Crippen LogP contribution in [0.25, 0.3) is 16.6 Å². The molecule has 9 heteroatoms. The molecule has 8 nitrogen and oxygen atoms in total. The zero-order chi connectivity index (χ0) is 23.7. The van der Waals surface area contributed by atoms with Gasteiger partial charge in [-0.3, -0.25) is 0 Å². The Hall–Kier alpha value is -3.40. The van der Waals surface area contributed by atoms with E-state index in [2.05, 4.69) is 32.3 Å². The second-order valence-electron chi connectivity index (χ2n) is 8.78. The van der Waals surface area contributed by atoms with Gasteiger partial charge in [-0.15, -0.1) is 0 Å². The fourth-order valence-corrected chi connectivity index (χ4v) is 4.33. The zero-order valence-corrected chi connectivity index (χ0v) is 18.9. The van der Waals surface area contributed by atoms with E-state index in [1.165, 1.54) is 10.7 Å². The topological polar surface area (TPSA) is 99.3 Å². The van der Waals surface area contributed by atoms with Gasteiger partial charge in [-0.25, -0.2) is 19.0 Å². The van der Waals surface area contributed by atoms with Crippen molar-refractivity contribution in [3.63, 3.8) is 0 Å². The predicted molar refractivity (Wildman–Crippen MR) is 127 cm³/mol. The molecule has 1 unspecified atom stereocenters. The molecule has 0 aliphatic carbocycles. The summed E-state index contributed by atoms with van der Waals surface area (Å²) in [6, 6.07) is 11.9. The first kappa shape index (κ1) is 22.4. The first-order chi connectivity index (χ1) is 16.5. The molecule has 4 aromatic rings. The van der Waals surface area contributed by atoms with Gasteiger partial charge in [0, 0.05) is 29.9 Å². The van der Waals surface area contributed by atoms with Crippen LogP contribution in [-0.2, 0) is 6.61 Å². The summed E-state index contributed by atoms with van der Waals surface area (Å²) in [6.45, 7) is 1.77. The maximum absolute atomic E-state index is 14.8. The van der Waals surface area contributed by atoms with E-state index >= 15 is 0 Å². The average Bonchev–Trinajstić information content (AvgIpc) is 3.34. The van der Waals surface area contributed by atoms with Gasteiger partial charge in [0.2, 0.25) is 0 Å². The molecule has 1 aliphatic heterocycles. The summed E-state index contributed by atoms with van der Waals surface area (Å²) in [7, 11) is 2.10. The normalized spacial score (nSPS) is 16.1. The highest BCUT2D eigenvalue weighted by Gasteiger charge is 2.26. The number of nitrogens with one attached hydrogen (secondary N) is 1. The molecular weight excluding hydrogens is 435 g/mol. The molecule has 1 aliphatic rings. The van der Waals surface area contributed by atoms with Gasteiger partial charge in [-0.2, -0.15) is 5.10 Å². The number of fused-ring (bicyclic) bond motifs is 1. The van der Waals surface area contributed by atoms with Crippen molar-refractivity contribution in [3.8, 4) is 5.69 Å². The Kier molecular flexibility index (Phi) is 6.23. The van der Waals surface area contributed by atoms with Gasteiger partial charge in [0.15, 0.2) is 0 Å². The molecule has 3 aromatic heterocycles. The average molecular weight is 463 g/mol. The molecule has 4 heterocycles. The molecule has 1 fully saturated rings. The van der Waals surface area contributed by atoms with Crippen LogP contribution in [0.2, 0.25) is 0 Å². The van der Waals surface area contributed by atoms with Crippen LogP contribution in [0.15, 0.2) is 54.9 Å². The first-order valence-electron chi connectivity index (χ1n) is 11.4. The van der Waals surface area contributed by atoms with Gasteiger partial charge in [-0.1, -0.05) is 0 Å². The van der Waals surface area contributed by atoms with Crippen LogP contribution in [0.1, 0.15) is 30.3 Å². The van der Waals surface area contributed by atoms with Crippen LogP contribution in [0.3, 0.4) is 0 Å². The minimum absolute atomic E-state index is 0.173. The standard InChI is InChI=1S/C25H27FN6O2/c1-31-9-6-16(7-10-31)25(34)22-4-2-17-14-27-24(13-23(17)28-22)29-21-5-3-19(12-20(21)26)32-11-8-18(15-33)30-32/h2-5,8,11-14,16,25,33-34H,6-7,9-10,15H2,1H3,(H,27,29). The van der Waals surface area contributed by atoms with Gasteiger partial charge in [0.05, 0.1) is 41.0 Å². The molecular formula is C25H27FN6O2. The lowest BCUT2D eigenvalue weighted by molar-refractivity contribution is 0.0629. The zero-order valence-electron chi connectivity index (χ0n) is 18.9. The van der Waals surface area contributed by atoms with Gasteiger partial charge < -0.3 is 20.4 Å². The van der Waals surface area contributed by atoms with Crippen molar-refractivity contribution in [3.05, 3.63) is 72.1 Å². The minimum atomic E-state index is -0.610. The summed E-state index contributed by atoms with van der Waals surface area (Å²) in [4.78, 5) is 11.3. The molecule has 5 rings (SSSR count). The van der Waals surface area contributed by atoms with Crippen LogP contribution in [-0.4, -0.2) is 55.0 Å². The molecule has 1 saturated heterocycles. The third kappa shape index (κ3) is 4.63. The van der Waals surface area contributed by atoms with Crippen LogP contribution in [0, 0.1) is 11.7 Å². The number of halogens is 1. The van der Waals surface area contributed by atoms with E-state index in [-0.39, 0.29) is 18.2 Å². The smallest absolute Gasteiger partial charge is 0.148 e. The number of hydrogen-bond acceptors (Lipinski definition) is 7. The Morgan fingerprint density at radius 3 is 2.71 bits per heavy atom. The Labute approximate surface area is 196 Å². The molecule has 0 radical (unpaired) electrons. The molecule has 0 bridgehead atoms. The van der Waals surface area contributed by atoms with E-state index in [0.29, 0.717) is 28.4 Å². The summed E-state index contributed by atoms with van der Waals surface area (Å²) in [6.07, 6.45) is 4.62. The maximum atomic E-state index is 14.8. The third-order valence-electron chi connectivity index (χ3n) is 6.39. The van der Waals surface area contributed by atoms with Crippen molar-refractivity contribution in [2.75, 3.05) is 25.5 Å². The molecule has 0 amide bonds. The molecule has 3 N–H and O–H groups in total. The highest BCUT2D eigenvalue weighted by atomic mass is 19.1. The summed E-state index contributed by atoms with van der Waals surface area (Å²) in [5.41, 5.74) is 2.66. The summed E-state index contributed by atoms with van der Waals surface area (Å²) in [5, 5.41) is 28.1. The molecule has 1 aromatic carbocycles. The van der Waals surface area contributed by atoms with Gasteiger partial charge in [0.1, 0.15) is 11.6 Å². The number of benzene rings is 1. The second-order valence-corrected chi connectivity index (χ2v) is 8.78. The highest BCUT2D eigenvalue weighted by molar-refractivity contribution is 5.81. The van der Waals surface area contributed by atoms with Gasteiger partial charge in [-0.05, 0) is 69.2 Å². The van der Waals surface area contributed by atoms with Crippen LogP contribution in [0.4, 0.5) is 15.9 Å². The fraction of sp³-hybridized carbons (Fsp3) is 0.320. The van der Waals surface area contributed by atoms with E-state index in [0.717, 1.165) is 31.3 Å². The van der Waals surface area contributed by atoms with Crippen LogP contribution in [0.5, 0.6) is 0 Å². The number of nitrogens with zero attached hydrogens (tertiary/aromatic N) is 5. The van der Waals surface area contributed by atoms with E-state index in [9.17, 15) is 14.6 Å². The molecule has 0 saturated carbocycles. The van der Waals surface area contributed by atoms with Crippen molar-refractivity contribution < 1.29 is 14.6 Å². The number of aliphatic hydroxyl groups excluding tert-OH is 2. The van der Waals surface area contributed by atoms with Gasteiger partial charge in [0.25, 0.3) is 0 Å². The molecule has 176 valence electrons. The minimum Gasteiger partial charge on any atom is -0.390 e. The number of aliphatic hydroxyl groups is 2. The third-order valence-corrected chi connectivity index (χ3v) is 6.39. The SMILES string of the molecule is CN1CCC(C(O)c2ccc3cnc(Nc4ccc(-n5ccc(CO)n5)cc4F)cc3n2)CC1. The monoisotopic (exact) mass is 462 g/mol. The van der Waals surface area contributed by atoms with Crippen molar-refractivity contribution >= 4 is 22.4 Å². The van der Waals surface area contributed by atoms with E-state index < -0.39 is 11.9 Å². The Morgan fingerprint density at radius 1 is 1.15 bits per heavy atom. The van der Waals surface area contributed by atoms with Crippen molar-refractivity contribution in [2.24, 2.45) is 5.92 Å². The van der Waals surface area contributed by atoms with E-state index in [1.807, 2.05) is 12.1 Å². The van der Waals surface area contributed by atoms with E-state index in [1.54, 1.807) is 36.7 Å². The number of aromatic nitrogens is 4. The quantitative estimate of drug-likeness (QED) is 0.403. The second kappa shape index (κ2) is 9.46. The van der Waals surface area contributed by atoms with E-state index in [4.69, 9.17) is 0 Å². The maximum Gasteiger partial charge on any atom is 0.148 e.